The predicted molar refractivity (Wildman–Crippen MR) is 385 cm³/mol. The maximum absolute atomic E-state index is 14.9. The average Bonchev–Trinajstić information content (AvgIpc) is 1.73. The molecule has 22 N–H and O–H groups in total. The Morgan fingerprint density at radius 1 is 0.515 bits per heavy atom. The van der Waals surface area contributed by atoms with E-state index >= 15 is 0 Å². The number of hydrogen-bond acceptors (Lipinski definition) is 18. The second-order valence-electron chi connectivity index (χ2n) is 26.0. The van der Waals surface area contributed by atoms with Gasteiger partial charge in [-0.05, 0) is 119 Å². The van der Waals surface area contributed by atoms with Gasteiger partial charge in [0.1, 0.15) is 54.4 Å². The first-order chi connectivity index (χ1) is 49.1. The number of nitrogens with one attached hydrogen (secondary N) is 8. The van der Waals surface area contributed by atoms with E-state index in [4.69, 9.17) is 40.1 Å². The van der Waals surface area contributed by atoms with Crippen LogP contribution in [0.2, 0.25) is 0 Å². The summed E-state index contributed by atoms with van der Waals surface area (Å²) in [5, 5.41) is 21.1. The van der Waals surface area contributed by atoms with Gasteiger partial charge in [0, 0.05) is 56.4 Å². The highest BCUT2D eigenvalue weighted by Gasteiger charge is 2.42. The summed E-state index contributed by atoms with van der Waals surface area (Å²) in [6, 6.07) is 10.2. The summed E-state index contributed by atoms with van der Waals surface area (Å²) in [4.78, 5) is 200. The molecule has 0 spiro atoms. The summed E-state index contributed by atoms with van der Waals surface area (Å²) in [5.41, 5.74) is 41.3. The molecule has 562 valence electrons. The molecule has 0 aliphatic carbocycles. The number of unbranched alkanes of at least 4 members (excludes halogenated alkanes) is 1. The summed E-state index contributed by atoms with van der Waals surface area (Å²) in [6.07, 6.45) is 2.65. The number of nitrogens with two attached hydrogens (primary N) is 7. The van der Waals surface area contributed by atoms with Crippen LogP contribution in [-0.4, -0.2) is 203 Å². The van der Waals surface area contributed by atoms with E-state index in [0.29, 0.717) is 60.1 Å². The SMILES string of the molecule is CSCC[C@H](NC(=O)[C@H](CC(C)C)NC(=O)CNC(=O)[C@H](Cc1ccc(C(=O)c2ccccc2)cc1)NC(=O)[C@H](Cc1ccccc1)NC(=O)[C@H](CCC(N)=O)NC(=O)[C@H](CCC(N)=O)NC(=O)[C@@H]1CCCN1C(=O)[C@H](CCCCN)NC(=O)[C@@H]1CCCN1C(=O)[C@@H](N)CCCN=C(N)N)C(N)=O. The molecule has 3 aromatic rings. The highest BCUT2D eigenvalue weighted by Crippen LogP contribution is 2.24. The molecule has 0 unspecified atom stereocenters. The Morgan fingerprint density at radius 3 is 1.53 bits per heavy atom. The Balaban J connectivity index is 1.39. The lowest BCUT2D eigenvalue weighted by Crippen LogP contribution is -2.60. The van der Waals surface area contributed by atoms with Crippen molar-refractivity contribution in [3.63, 3.8) is 0 Å². The molecule has 2 fully saturated rings. The van der Waals surface area contributed by atoms with Gasteiger partial charge in [-0.1, -0.05) is 98.8 Å². The zero-order valence-corrected chi connectivity index (χ0v) is 59.5. The van der Waals surface area contributed by atoms with Crippen molar-refractivity contribution >= 4 is 100 Å². The molecule has 5 rings (SSSR count). The number of likely N-dealkylation sites (tertiary alicyclic amines) is 2. The number of ketones is 1. The van der Waals surface area contributed by atoms with Crippen LogP contribution in [0.5, 0.6) is 0 Å². The number of guanidine groups is 1. The molecular formula is C70H102N18O14S. The highest BCUT2D eigenvalue weighted by molar-refractivity contribution is 7.98. The summed E-state index contributed by atoms with van der Waals surface area (Å²) in [6.45, 7) is 3.73. The van der Waals surface area contributed by atoms with Crippen LogP contribution in [0.1, 0.15) is 137 Å². The van der Waals surface area contributed by atoms with Gasteiger partial charge < -0.3 is 92.5 Å². The van der Waals surface area contributed by atoms with E-state index in [1.165, 1.54) is 33.7 Å². The average molecular weight is 1450 g/mol. The molecule has 13 amide bonds. The van der Waals surface area contributed by atoms with E-state index in [1.807, 2.05) is 20.1 Å². The van der Waals surface area contributed by atoms with E-state index in [0.717, 1.165) is 0 Å². The minimum Gasteiger partial charge on any atom is -0.370 e. The summed E-state index contributed by atoms with van der Waals surface area (Å²) >= 11 is 1.44. The summed E-state index contributed by atoms with van der Waals surface area (Å²) in [5.74, 6) is -10.5. The minimum absolute atomic E-state index is 0.0579. The third-order valence-electron chi connectivity index (χ3n) is 17.4. The predicted octanol–water partition coefficient (Wildman–Crippen LogP) is -2.48. The first kappa shape index (κ1) is 83.6. The first-order valence-electron chi connectivity index (χ1n) is 34.7. The number of carbonyl (C=O) groups excluding carboxylic acids is 14. The Morgan fingerprint density at radius 2 is 1.00 bits per heavy atom. The van der Waals surface area contributed by atoms with Gasteiger partial charge in [-0.25, -0.2) is 0 Å². The van der Waals surface area contributed by atoms with Crippen molar-refractivity contribution in [2.24, 2.45) is 51.0 Å². The first-order valence-corrected chi connectivity index (χ1v) is 36.1. The molecule has 10 atom stereocenters. The van der Waals surface area contributed by atoms with Crippen molar-refractivity contribution in [2.45, 2.75) is 183 Å². The van der Waals surface area contributed by atoms with E-state index in [1.54, 1.807) is 72.8 Å². The van der Waals surface area contributed by atoms with Crippen molar-refractivity contribution in [1.82, 2.24) is 52.3 Å². The van der Waals surface area contributed by atoms with Crippen LogP contribution in [0.25, 0.3) is 0 Å². The Bertz CT molecular complexity index is 3440. The molecule has 2 aliphatic rings. The topological polar surface area (TPSA) is 536 Å². The third-order valence-corrected chi connectivity index (χ3v) is 18.1. The maximum Gasteiger partial charge on any atom is 0.245 e. The maximum atomic E-state index is 14.9. The quantitative estimate of drug-likeness (QED) is 0.0121. The second-order valence-corrected chi connectivity index (χ2v) is 27.0. The molecule has 2 heterocycles. The molecule has 2 aliphatic heterocycles. The van der Waals surface area contributed by atoms with E-state index < -0.39 is 169 Å². The largest absolute Gasteiger partial charge is 0.370 e. The van der Waals surface area contributed by atoms with Crippen molar-refractivity contribution in [2.75, 3.05) is 44.7 Å². The number of amides is 13. The van der Waals surface area contributed by atoms with Crippen molar-refractivity contribution < 1.29 is 67.1 Å². The number of aliphatic imine (C=N–C) groups is 1. The minimum atomic E-state index is -1.69. The summed E-state index contributed by atoms with van der Waals surface area (Å²) in [7, 11) is 0. The third kappa shape index (κ3) is 28.0. The number of carbonyl (C=O) groups is 14. The van der Waals surface area contributed by atoms with Gasteiger partial charge in [0.2, 0.25) is 76.8 Å². The fraction of sp³-hybridized carbons (Fsp3) is 0.529. The molecule has 0 bridgehead atoms. The lowest BCUT2D eigenvalue weighted by molar-refractivity contribution is -0.144. The van der Waals surface area contributed by atoms with Gasteiger partial charge in [0.05, 0.1) is 12.6 Å². The van der Waals surface area contributed by atoms with Gasteiger partial charge in [0.15, 0.2) is 11.7 Å². The monoisotopic (exact) mass is 1450 g/mol. The Kier molecular flexibility index (Phi) is 35.0. The molecule has 32 nitrogen and oxygen atoms in total. The molecular weight excluding hydrogens is 1350 g/mol. The van der Waals surface area contributed by atoms with Gasteiger partial charge in [-0.2, -0.15) is 11.8 Å². The van der Waals surface area contributed by atoms with Crippen LogP contribution in [0.3, 0.4) is 0 Å². The van der Waals surface area contributed by atoms with Gasteiger partial charge in [0.25, 0.3) is 0 Å². The van der Waals surface area contributed by atoms with E-state index in [-0.39, 0.29) is 95.2 Å². The van der Waals surface area contributed by atoms with Gasteiger partial charge >= 0.3 is 0 Å². The smallest absolute Gasteiger partial charge is 0.245 e. The standard InChI is InChI=1S/C70H102N18O14S/c1-41(2)37-51(64(97)81-47(60(75)93)31-36-103-3)80-58(91)40-79-61(94)52(39-43-23-25-45(26-24-43)59(92)44-17-8-5-9-18-44)85-65(98)53(38-42-15-6-4-7-16-42)86-63(96)48(27-29-56(73)89)82-62(95)49(28-30-57(74)90)83-66(99)55-22-14-35-88(55)69(102)50(20-10-11-32-71)84-67(100)54-21-13-34-87(54)68(101)46(72)19-12-33-78-70(76)77/h4-9,15-18,23-26,41,46-55H,10-14,19-22,27-40,71-72H2,1-3H3,(H2,73,89)(H2,74,90)(H2,75,93)(H,79,94)(H,80,91)(H,81,97)(H,82,95)(H,83,99)(H,84,100)(H,85,98)(H,86,96)(H4,76,77,78)/t46-,47-,48-,49-,50-,51-,52-,53-,54-,55-/m0/s1. The molecule has 33 heteroatoms. The van der Waals surface area contributed by atoms with Crippen molar-refractivity contribution in [3.05, 3.63) is 107 Å². The van der Waals surface area contributed by atoms with Crippen LogP contribution in [0, 0.1) is 5.92 Å². The number of hydrogen-bond donors (Lipinski definition) is 15. The highest BCUT2D eigenvalue weighted by atomic mass is 32.2. The molecule has 0 aromatic heterocycles. The van der Waals surface area contributed by atoms with E-state index in [2.05, 4.69) is 47.5 Å². The van der Waals surface area contributed by atoms with E-state index in [9.17, 15) is 67.1 Å². The van der Waals surface area contributed by atoms with Crippen molar-refractivity contribution in [3.8, 4) is 0 Å². The van der Waals surface area contributed by atoms with Crippen molar-refractivity contribution in [1.29, 1.82) is 0 Å². The Hall–Kier alpha value is -10.0. The number of rotatable bonds is 44. The number of thioether (sulfide) groups is 1. The van der Waals surface area contributed by atoms with Crippen LogP contribution >= 0.6 is 11.8 Å². The second kappa shape index (κ2) is 43.1. The molecule has 103 heavy (non-hydrogen) atoms. The molecule has 3 aromatic carbocycles. The fourth-order valence-electron chi connectivity index (χ4n) is 12.0. The Labute approximate surface area is 603 Å². The van der Waals surface area contributed by atoms with Crippen LogP contribution in [-0.2, 0) is 75.2 Å². The summed E-state index contributed by atoms with van der Waals surface area (Å²) < 4.78 is 0. The van der Waals surface area contributed by atoms with Crippen LogP contribution in [0.15, 0.2) is 89.9 Å². The number of nitrogens with zero attached hydrogens (tertiary/aromatic N) is 3. The lowest BCUT2D eigenvalue weighted by atomic mass is 9.98. The lowest BCUT2D eigenvalue weighted by Gasteiger charge is -2.32. The zero-order valence-electron chi connectivity index (χ0n) is 58.7. The number of benzene rings is 3. The normalized spacial score (nSPS) is 16.4. The van der Waals surface area contributed by atoms with Crippen LogP contribution < -0.4 is 82.7 Å². The molecule has 0 saturated carbocycles. The molecule has 2 saturated heterocycles. The zero-order chi connectivity index (χ0) is 75.7. The fourth-order valence-corrected chi connectivity index (χ4v) is 12.4. The van der Waals surface area contributed by atoms with Crippen LogP contribution in [0.4, 0.5) is 0 Å². The molecule has 0 radical (unpaired) electrons. The number of primary amides is 3. The van der Waals surface area contributed by atoms with Gasteiger partial charge in [-0.3, -0.25) is 72.1 Å². The van der Waals surface area contributed by atoms with Gasteiger partial charge in [-0.15, -0.1) is 0 Å².